The lowest BCUT2D eigenvalue weighted by atomic mass is 10.2. The molecular formula is C12H16BrN5. The van der Waals surface area contributed by atoms with Gasteiger partial charge in [-0.15, -0.1) is 0 Å². The first kappa shape index (κ1) is 13.0. The standard InChI is InChI=1S/C12H16BrN5/c1-9(2)12-16-10(13)7-11(17-12)15-4-6-18-5-3-14-8-18/h3,5,7-9H,4,6H2,1-2H3,(H,15,16,17). The second-order valence-corrected chi connectivity index (χ2v) is 5.13. The molecule has 0 aliphatic carbocycles. The molecule has 0 spiro atoms. The zero-order valence-corrected chi connectivity index (χ0v) is 12.1. The summed E-state index contributed by atoms with van der Waals surface area (Å²) in [4.78, 5) is 12.8. The Labute approximate surface area is 115 Å². The van der Waals surface area contributed by atoms with Gasteiger partial charge in [-0.25, -0.2) is 15.0 Å². The first-order valence-electron chi connectivity index (χ1n) is 5.89. The summed E-state index contributed by atoms with van der Waals surface area (Å²) in [5.74, 6) is 2.01. The van der Waals surface area contributed by atoms with Crippen LogP contribution in [0.25, 0.3) is 0 Å². The highest BCUT2D eigenvalue weighted by molar-refractivity contribution is 9.10. The predicted octanol–water partition coefficient (Wildman–Crippen LogP) is 2.67. The third-order valence-electron chi connectivity index (χ3n) is 2.46. The van der Waals surface area contributed by atoms with Crippen molar-refractivity contribution in [3.05, 3.63) is 35.2 Å². The molecule has 2 heterocycles. The molecule has 2 aromatic heterocycles. The average molecular weight is 310 g/mol. The molecule has 0 fully saturated rings. The Bertz CT molecular complexity index is 495. The maximum absolute atomic E-state index is 4.47. The maximum Gasteiger partial charge on any atom is 0.134 e. The highest BCUT2D eigenvalue weighted by Gasteiger charge is 2.06. The first-order valence-corrected chi connectivity index (χ1v) is 6.68. The lowest BCUT2D eigenvalue weighted by molar-refractivity contribution is 0.720. The van der Waals surface area contributed by atoms with Gasteiger partial charge in [0.05, 0.1) is 6.33 Å². The third kappa shape index (κ3) is 3.53. The molecule has 5 nitrogen and oxygen atoms in total. The van der Waals surface area contributed by atoms with Gasteiger partial charge in [0.25, 0.3) is 0 Å². The van der Waals surface area contributed by atoms with E-state index >= 15 is 0 Å². The summed E-state index contributed by atoms with van der Waals surface area (Å²) in [5.41, 5.74) is 0. The highest BCUT2D eigenvalue weighted by atomic mass is 79.9. The van der Waals surface area contributed by atoms with Crippen molar-refractivity contribution in [3.8, 4) is 0 Å². The van der Waals surface area contributed by atoms with Crippen molar-refractivity contribution < 1.29 is 0 Å². The Hall–Kier alpha value is -1.43. The van der Waals surface area contributed by atoms with Gasteiger partial charge in [-0.1, -0.05) is 13.8 Å². The minimum atomic E-state index is 0.316. The maximum atomic E-state index is 4.47. The summed E-state index contributed by atoms with van der Waals surface area (Å²) in [6.07, 6.45) is 5.52. The SMILES string of the molecule is CC(C)c1nc(Br)cc(NCCn2ccnc2)n1. The predicted molar refractivity (Wildman–Crippen MR) is 74.5 cm³/mol. The van der Waals surface area contributed by atoms with E-state index < -0.39 is 0 Å². The Morgan fingerprint density at radius 3 is 2.89 bits per heavy atom. The lowest BCUT2D eigenvalue weighted by Crippen LogP contribution is -2.11. The van der Waals surface area contributed by atoms with Gasteiger partial charge >= 0.3 is 0 Å². The number of aromatic nitrogens is 4. The Morgan fingerprint density at radius 1 is 1.39 bits per heavy atom. The molecule has 0 radical (unpaired) electrons. The van der Waals surface area contributed by atoms with Gasteiger partial charge in [0.1, 0.15) is 16.2 Å². The molecule has 2 rings (SSSR count). The molecule has 0 atom stereocenters. The molecule has 0 bridgehead atoms. The molecule has 0 aliphatic rings. The van der Waals surface area contributed by atoms with Gasteiger partial charge in [0, 0.05) is 37.5 Å². The zero-order valence-electron chi connectivity index (χ0n) is 10.5. The van der Waals surface area contributed by atoms with Gasteiger partial charge in [0.2, 0.25) is 0 Å². The zero-order chi connectivity index (χ0) is 13.0. The number of imidazole rings is 1. The smallest absolute Gasteiger partial charge is 0.134 e. The van der Waals surface area contributed by atoms with E-state index in [4.69, 9.17) is 0 Å². The van der Waals surface area contributed by atoms with Gasteiger partial charge in [-0.3, -0.25) is 0 Å². The number of nitrogens with one attached hydrogen (secondary N) is 1. The number of nitrogens with zero attached hydrogens (tertiary/aromatic N) is 4. The summed E-state index contributed by atoms with van der Waals surface area (Å²) < 4.78 is 2.83. The monoisotopic (exact) mass is 309 g/mol. The fraction of sp³-hybridized carbons (Fsp3) is 0.417. The molecule has 0 unspecified atom stereocenters. The molecule has 6 heteroatoms. The lowest BCUT2D eigenvalue weighted by Gasteiger charge is -2.09. The van der Waals surface area contributed by atoms with Crippen LogP contribution in [0.3, 0.4) is 0 Å². The summed E-state index contributed by atoms with van der Waals surface area (Å²) in [7, 11) is 0. The van der Waals surface area contributed by atoms with Crippen LogP contribution < -0.4 is 5.32 Å². The largest absolute Gasteiger partial charge is 0.368 e. The second kappa shape index (κ2) is 5.95. The average Bonchev–Trinajstić information content (AvgIpc) is 2.81. The number of anilines is 1. The highest BCUT2D eigenvalue weighted by Crippen LogP contribution is 2.17. The van der Waals surface area contributed by atoms with Crippen LogP contribution in [0.15, 0.2) is 29.4 Å². The van der Waals surface area contributed by atoms with E-state index in [2.05, 4.69) is 50.0 Å². The normalized spacial score (nSPS) is 10.9. The van der Waals surface area contributed by atoms with Crippen LogP contribution in [0, 0.1) is 0 Å². The number of rotatable bonds is 5. The summed E-state index contributed by atoms with van der Waals surface area (Å²) in [5, 5.41) is 3.29. The minimum absolute atomic E-state index is 0.316. The van der Waals surface area contributed by atoms with Crippen molar-refractivity contribution in [3.63, 3.8) is 0 Å². The molecule has 0 aromatic carbocycles. The van der Waals surface area contributed by atoms with E-state index in [1.165, 1.54) is 0 Å². The van der Waals surface area contributed by atoms with Crippen LogP contribution in [0.4, 0.5) is 5.82 Å². The summed E-state index contributed by atoms with van der Waals surface area (Å²) >= 11 is 3.41. The van der Waals surface area contributed by atoms with Gasteiger partial charge in [-0.2, -0.15) is 0 Å². The van der Waals surface area contributed by atoms with Crippen LogP contribution >= 0.6 is 15.9 Å². The van der Waals surface area contributed by atoms with Crippen molar-refractivity contribution in [2.45, 2.75) is 26.3 Å². The Balaban J connectivity index is 1.96. The molecular weight excluding hydrogens is 294 g/mol. The van der Waals surface area contributed by atoms with Crippen molar-refractivity contribution in [2.24, 2.45) is 0 Å². The van der Waals surface area contributed by atoms with Crippen molar-refractivity contribution in [2.75, 3.05) is 11.9 Å². The topological polar surface area (TPSA) is 55.6 Å². The van der Waals surface area contributed by atoms with Crippen LogP contribution in [0.5, 0.6) is 0 Å². The summed E-state index contributed by atoms with van der Waals surface area (Å²) in [6, 6.07) is 1.89. The van der Waals surface area contributed by atoms with Crippen molar-refractivity contribution in [1.29, 1.82) is 0 Å². The molecule has 2 aromatic rings. The molecule has 0 aliphatic heterocycles. The molecule has 0 saturated carbocycles. The fourth-order valence-electron chi connectivity index (χ4n) is 1.52. The fourth-order valence-corrected chi connectivity index (χ4v) is 1.91. The number of hydrogen-bond donors (Lipinski definition) is 1. The number of halogens is 1. The van der Waals surface area contributed by atoms with E-state index in [1.54, 1.807) is 12.5 Å². The molecule has 0 saturated heterocycles. The van der Waals surface area contributed by atoms with Gasteiger partial charge in [0.15, 0.2) is 0 Å². The Morgan fingerprint density at radius 2 is 2.22 bits per heavy atom. The second-order valence-electron chi connectivity index (χ2n) is 4.32. The molecule has 18 heavy (non-hydrogen) atoms. The minimum Gasteiger partial charge on any atom is -0.368 e. The Kier molecular flexibility index (Phi) is 4.30. The first-order chi connectivity index (χ1) is 8.65. The van der Waals surface area contributed by atoms with Crippen LogP contribution in [-0.4, -0.2) is 26.1 Å². The quantitative estimate of drug-likeness (QED) is 0.863. The van der Waals surface area contributed by atoms with E-state index in [-0.39, 0.29) is 0 Å². The van der Waals surface area contributed by atoms with E-state index in [9.17, 15) is 0 Å². The molecule has 1 N–H and O–H groups in total. The molecule has 96 valence electrons. The van der Waals surface area contributed by atoms with Crippen LogP contribution in [-0.2, 0) is 6.54 Å². The third-order valence-corrected chi connectivity index (χ3v) is 2.87. The van der Waals surface area contributed by atoms with Gasteiger partial charge in [-0.05, 0) is 15.9 Å². The van der Waals surface area contributed by atoms with Crippen LogP contribution in [0.1, 0.15) is 25.6 Å². The van der Waals surface area contributed by atoms with Crippen LogP contribution in [0.2, 0.25) is 0 Å². The van der Waals surface area contributed by atoms with Gasteiger partial charge < -0.3 is 9.88 Å². The molecule has 0 amide bonds. The summed E-state index contributed by atoms with van der Waals surface area (Å²) in [6.45, 7) is 5.82. The van der Waals surface area contributed by atoms with E-state index in [0.29, 0.717) is 5.92 Å². The van der Waals surface area contributed by atoms with Crippen molar-refractivity contribution in [1.82, 2.24) is 19.5 Å². The number of hydrogen-bond acceptors (Lipinski definition) is 4. The van der Waals surface area contributed by atoms with E-state index in [0.717, 1.165) is 29.3 Å². The van der Waals surface area contributed by atoms with E-state index in [1.807, 2.05) is 16.8 Å². The van der Waals surface area contributed by atoms with Crippen molar-refractivity contribution >= 4 is 21.7 Å².